The summed E-state index contributed by atoms with van der Waals surface area (Å²) in [6.45, 7) is 2.05. The maximum absolute atomic E-state index is 9.31. The van der Waals surface area contributed by atoms with Crippen molar-refractivity contribution in [1.29, 1.82) is 0 Å². The van der Waals surface area contributed by atoms with Crippen molar-refractivity contribution in [2.75, 3.05) is 33.5 Å². The molecule has 0 amide bonds. The van der Waals surface area contributed by atoms with Crippen LogP contribution in [-0.2, 0) is 9.47 Å². The average Bonchev–Trinajstić information content (AvgIpc) is 3.46. The zero-order valence-corrected chi connectivity index (χ0v) is 17.6. The highest BCUT2D eigenvalue weighted by molar-refractivity contribution is 9.10. The molecule has 3 rings (SSSR count). The number of halogens is 2. The van der Waals surface area contributed by atoms with Gasteiger partial charge in [-0.15, -0.1) is 0 Å². The van der Waals surface area contributed by atoms with Crippen molar-refractivity contribution in [1.82, 2.24) is 0 Å². The molecule has 1 fully saturated rings. The van der Waals surface area contributed by atoms with Gasteiger partial charge in [0.1, 0.15) is 36.9 Å². The second-order valence-corrected chi connectivity index (χ2v) is 7.43. The Kier molecular flexibility index (Phi) is 11.6. The Hall–Kier alpha value is -1.12. The maximum Gasteiger partial charge on any atom is 0.119 e. The lowest BCUT2D eigenvalue weighted by molar-refractivity contribution is 0.0325. The number of aliphatic hydroxyl groups is 1. The molecule has 0 radical (unpaired) electrons. The monoisotopic (exact) mass is 504 g/mol. The van der Waals surface area contributed by atoms with E-state index in [-0.39, 0.29) is 20.6 Å². The standard InChI is InChI=1S/C10H13BrO3.C9H9BrO2.CH4/c1-13-6-9(12)7-14-10-4-2-8(11)3-5-10;10-7-1-3-8(4-2-7)11-5-9-6-12-9;/h2-5,9,12H,6-7H2,1H3;1-4,9H,5-6H2;1H4. The summed E-state index contributed by atoms with van der Waals surface area (Å²) in [5.41, 5.74) is 0. The van der Waals surface area contributed by atoms with Crippen LogP contribution in [0.4, 0.5) is 0 Å². The second-order valence-electron chi connectivity index (χ2n) is 5.59. The normalized spacial score (nSPS) is 15.6. The van der Waals surface area contributed by atoms with Gasteiger partial charge in [-0.3, -0.25) is 0 Å². The Labute approximate surface area is 177 Å². The van der Waals surface area contributed by atoms with E-state index < -0.39 is 6.10 Å². The topological polar surface area (TPSA) is 60.5 Å². The second kappa shape index (κ2) is 13.1. The molecule has 1 N–H and O–H groups in total. The molecule has 0 bridgehead atoms. The van der Waals surface area contributed by atoms with Crippen LogP contribution in [0.1, 0.15) is 7.43 Å². The van der Waals surface area contributed by atoms with Crippen LogP contribution in [0.3, 0.4) is 0 Å². The van der Waals surface area contributed by atoms with Gasteiger partial charge in [0.25, 0.3) is 0 Å². The number of hydrogen-bond donors (Lipinski definition) is 1. The van der Waals surface area contributed by atoms with Gasteiger partial charge in [-0.25, -0.2) is 0 Å². The smallest absolute Gasteiger partial charge is 0.119 e. The molecular weight excluding hydrogens is 480 g/mol. The molecule has 1 heterocycles. The van der Waals surface area contributed by atoms with Crippen LogP contribution in [0.5, 0.6) is 11.5 Å². The van der Waals surface area contributed by atoms with Gasteiger partial charge < -0.3 is 24.1 Å². The lowest BCUT2D eigenvalue weighted by Crippen LogP contribution is -2.22. The molecule has 27 heavy (non-hydrogen) atoms. The van der Waals surface area contributed by atoms with Crippen LogP contribution < -0.4 is 9.47 Å². The highest BCUT2D eigenvalue weighted by Gasteiger charge is 2.22. The van der Waals surface area contributed by atoms with Gasteiger partial charge in [-0.2, -0.15) is 0 Å². The van der Waals surface area contributed by atoms with Gasteiger partial charge in [0.2, 0.25) is 0 Å². The minimum Gasteiger partial charge on any atom is -0.491 e. The molecule has 0 spiro atoms. The lowest BCUT2D eigenvalue weighted by atomic mass is 10.3. The van der Waals surface area contributed by atoms with Crippen LogP contribution >= 0.6 is 31.9 Å². The molecule has 2 aromatic rings. The highest BCUT2D eigenvalue weighted by atomic mass is 79.9. The first kappa shape index (κ1) is 23.9. The molecular formula is C20H26Br2O5. The Morgan fingerprint density at radius 2 is 1.44 bits per heavy atom. The average molecular weight is 506 g/mol. The van der Waals surface area contributed by atoms with Crippen LogP contribution in [0, 0.1) is 0 Å². The lowest BCUT2D eigenvalue weighted by Gasteiger charge is -2.11. The fraction of sp³-hybridized carbons (Fsp3) is 0.400. The Bertz CT molecular complexity index is 630. The quantitative estimate of drug-likeness (QED) is 0.527. The third-order valence-electron chi connectivity index (χ3n) is 3.27. The van der Waals surface area contributed by atoms with E-state index in [1.807, 2.05) is 48.5 Å². The Morgan fingerprint density at radius 3 is 1.89 bits per heavy atom. The van der Waals surface area contributed by atoms with E-state index in [1.165, 1.54) is 0 Å². The number of epoxide rings is 1. The zero-order chi connectivity index (χ0) is 18.8. The van der Waals surface area contributed by atoms with Crippen molar-refractivity contribution >= 4 is 31.9 Å². The van der Waals surface area contributed by atoms with Crippen molar-refractivity contribution in [3.63, 3.8) is 0 Å². The third-order valence-corrected chi connectivity index (χ3v) is 4.32. The molecule has 7 heteroatoms. The first-order valence-corrected chi connectivity index (χ1v) is 9.70. The molecule has 5 nitrogen and oxygen atoms in total. The molecule has 0 aromatic heterocycles. The molecule has 1 saturated heterocycles. The summed E-state index contributed by atoms with van der Waals surface area (Å²) >= 11 is 6.68. The summed E-state index contributed by atoms with van der Waals surface area (Å²) in [5.74, 6) is 1.64. The van der Waals surface area contributed by atoms with Crippen LogP contribution in [0.2, 0.25) is 0 Å². The van der Waals surface area contributed by atoms with Gasteiger partial charge >= 0.3 is 0 Å². The van der Waals surface area contributed by atoms with E-state index >= 15 is 0 Å². The number of hydrogen-bond acceptors (Lipinski definition) is 5. The predicted molar refractivity (Wildman–Crippen MR) is 114 cm³/mol. The van der Waals surface area contributed by atoms with Gasteiger partial charge in [0.05, 0.1) is 13.2 Å². The molecule has 2 atom stereocenters. The van der Waals surface area contributed by atoms with Crippen LogP contribution in [0.15, 0.2) is 57.5 Å². The minimum atomic E-state index is -0.580. The van der Waals surface area contributed by atoms with Crippen molar-refractivity contribution in [3.8, 4) is 11.5 Å². The first-order valence-electron chi connectivity index (χ1n) is 8.12. The number of rotatable bonds is 8. The van der Waals surface area contributed by atoms with Crippen molar-refractivity contribution in [2.45, 2.75) is 19.6 Å². The van der Waals surface area contributed by atoms with E-state index in [0.29, 0.717) is 12.7 Å². The third kappa shape index (κ3) is 10.7. The van der Waals surface area contributed by atoms with Gasteiger partial charge in [0.15, 0.2) is 0 Å². The summed E-state index contributed by atoms with van der Waals surface area (Å²) < 4.78 is 22.6. The van der Waals surface area contributed by atoms with Crippen molar-refractivity contribution in [3.05, 3.63) is 57.5 Å². The van der Waals surface area contributed by atoms with E-state index in [0.717, 1.165) is 27.1 Å². The number of benzene rings is 2. The Morgan fingerprint density at radius 1 is 0.963 bits per heavy atom. The van der Waals surface area contributed by atoms with Crippen LogP contribution in [0.25, 0.3) is 0 Å². The minimum absolute atomic E-state index is 0. The van der Waals surface area contributed by atoms with E-state index in [4.69, 9.17) is 18.9 Å². The van der Waals surface area contributed by atoms with E-state index in [1.54, 1.807) is 7.11 Å². The number of aliphatic hydroxyl groups excluding tert-OH is 1. The molecule has 1 aliphatic heterocycles. The van der Waals surface area contributed by atoms with E-state index in [9.17, 15) is 5.11 Å². The fourth-order valence-electron chi connectivity index (χ4n) is 1.85. The fourth-order valence-corrected chi connectivity index (χ4v) is 2.38. The van der Waals surface area contributed by atoms with Crippen molar-refractivity contribution in [2.24, 2.45) is 0 Å². The molecule has 2 aromatic carbocycles. The molecule has 0 saturated carbocycles. The molecule has 1 aliphatic rings. The molecule has 2 unspecified atom stereocenters. The summed E-state index contributed by atoms with van der Waals surface area (Å²) in [4.78, 5) is 0. The van der Waals surface area contributed by atoms with Gasteiger partial charge in [0, 0.05) is 16.1 Å². The van der Waals surface area contributed by atoms with Gasteiger partial charge in [-0.1, -0.05) is 39.3 Å². The SMILES string of the molecule is Brc1ccc(OCC2CO2)cc1.C.COCC(O)COc1ccc(Br)cc1. The number of methoxy groups -OCH3 is 1. The predicted octanol–water partition coefficient (Wildman–Crippen LogP) is 4.70. The van der Waals surface area contributed by atoms with Crippen molar-refractivity contribution < 1.29 is 24.1 Å². The summed E-state index contributed by atoms with van der Waals surface area (Å²) in [6, 6.07) is 15.2. The van der Waals surface area contributed by atoms with Gasteiger partial charge in [-0.05, 0) is 48.5 Å². The summed E-state index contributed by atoms with van der Waals surface area (Å²) in [5, 5.41) is 9.31. The first-order chi connectivity index (χ1) is 12.6. The number of ether oxygens (including phenoxy) is 4. The molecule has 0 aliphatic carbocycles. The summed E-state index contributed by atoms with van der Waals surface area (Å²) in [6.07, 6.45) is -0.253. The van der Waals surface area contributed by atoms with E-state index in [2.05, 4.69) is 31.9 Å². The summed E-state index contributed by atoms with van der Waals surface area (Å²) in [7, 11) is 1.54. The highest BCUT2D eigenvalue weighted by Crippen LogP contribution is 2.18. The van der Waals surface area contributed by atoms with Crippen LogP contribution in [-0.4, -0.2) is 50.9 Å². The largest absolute Gasteiger partial charge is 0.491 e. The zero-order valence-electron chi connectivity index (χ0n) is 14.4. The maximum atomic E-state index is 9.31. The molecule has 150 valence electrons. The Balaban J connectivity index is 0.000000262.